The monoisotopic (exact) mass is 562 g/mol. The highest BCUT2D eigenvalue weighted by Gasteiger charge is 2.48. The summed E-state index contributed by atoms with van der Waals surface area (Å²) in [6.45, 7) is 2.96. The Hall–Kier alpha value is -3.07. The van der Waals surface area contributed by atoms with E-state index in [1.807, 2.05) is 18.8 Å². The first-order valence-electron chi connectivity index (χ1n) is 10.8. The number of amides is 1. The zero-order valence-corrected chi connectivity index (χ0v) is 23.0. The molecule has 0 aliphatic carbocycles. The number of aromatic nitrogens is 5. The molecule has 0 atom stereocenters. The highest BCUT2D eigenvalue weighted by molar-refractivity contribution is 8.32. The maximum Gasteiger partial charge on any atom is 0.397 e. The summed E-state index contributed by atoms with van der Waals surface area (Å²) in [5.41, 5.74) is -1.75. The quantitative estimate of drug-likeness (QED) is 0.446. The molecule has 204 valence electrons. The van der Waals surface area contributed by atoms with E-state index in [9.17, 15) is 26.4 Å². The van der Waals surface area contributed by atoms with Crippen LogP contribution in [0.25, 0.3) is 5.82 Å². The summed E-state index contributed by atoms with van der Waals surface area (Å²) in [7, 11) is -4.27. The van der Waals surface area contributed by atoms with Crippen LogP contribution in [0.15, 0.2) is 40.5 Å². The van der Waals surface area contributed by atoms with Gasteiger partial charge in [-0.2, -0.15) is 18.3 Å². The normalized spacial score (nSPS) is 13.5. The third-order valence-corrected chi connectivity index (χ3v) is 8.21. The second-order valence-corrected chi connectivity index (χ2v) is 15.5. The van der Waals surface area contributed by atoms with Crippen LogP contribution >= 0.6 is 10.0 Å². The number of ether oxygens (including phenoxy) is 1. The molecule has 3 aromatic heterocycles. The number of alkyl halides is 3. The lowest BCUT2D eigenvalue weighted by Crippen LogP contribution is -2.37. The fourth-order valence-electron chi connectivity index (χ4n) is 3.12. The number of hydrogen-bond donors (Lipinski definition) is 1. The third kappa shape index (κ3) is 6.26. The minimum atomic E-state index is -4.44. The van der Waals surface area contributed by atoms with Crippen LogP contribution in [-0.2, 0) is 17.1 Å². The molecule has 0 aromatic carbocycles. The van der Waals surface area contributed by atoms with Crippen molar-refractivity contribution in [2.45, 2.75) is 36.9 Å². The zero-order valence-electron chi connectivity index (χ0n) is 21.4. The molecule has 0 saturated carbocycles. The number of hydrogen-bond acceptors (Lipinski definition) is 7. The van der Waals surface area contributed by atoms with Crippen molar-refractivity contribution in [2.75, 3.05) is 25.4 Å². The molecule has 0 aliphatic rings. The van der Waals surface area contributed by atoms with E-state index in [0.717, 1.165) is 13.8 Å². The second-order valence-electron chi connectivity index (χ2n) is 9.82. The van der Waals surface area contributed by atoms with Crippen LogP contribution in [-0.4, -0.2) is 70.4 Å². The Morgan fingerprint density at radius 1 is 1.11 bits per heavy atom. The molecule has 1 amide bonds. The molecule has 10 nitrogen and oxygen atoms in total. The Kier molecular flexibility index (Phi) is 7.45. The summed E-state index contributed by atoms with van der Waals surface area (Å²) >= 11 is 0. The van der Waals surface area contributed by atoms with Crippen LogP contribution in [0.4, 0.5) is 13.2 Å². The van der Waals surface area contributed by atoms with Crippen molar-refractivity contribution in [1.29, 1.82) is 0 Å². The summed E-state index contributed by atoms with van der Waals surface area (Å²) < 4.78 is 74.9. The van der Waals surface area contributed by atoms with Gasteiger partial charge in [-0.05, 0) is 51.7 Å². The highest BCUT2D eigenvalue weighted by atomic mass is 32.3. The van der Waals surface area contributed by atoms with Crippen molar-refractivity contribution < 1.29 is 31.1 Å². The van der Waals surface area contributed by atoms with E-state index in [1.165, 1.54) is 46.9 Å². The molecule has 0 saturated heterocycles. The molecular weight excluding hydrogens is 533 g/mol. The first-order valence-corrected chi connectivity index (χ1v) is 15.2. The van der Waals surface area contributed by atoms with Crippen molar-refractivity contribution >= 4 is 26.0 Å². The van der Waals surface area contributed by atoms with Crippen LogP contribution in [0.2, 0.25) is 0 Å². The molecule has 1 N–H and O–H groups in total. The van der Waals surface area contributed by atoms with Gasteiger partial charge < -0.3 is 4.74 Å². The van der Waals surface area contributed by atoms with Crippen LogP contribution in [0.3, 0.4) is 0 Å². The van der Waals surface area contributed by atoms with Gasteiger partial charge in [-0.25, -0.2) is 32.8 Å². The Morgan fingerprint density at radius 2 is 1.76 bits per heavy atom. The van der Waals surface area contributed by atoms with Gasteiger partial charge in [0, 0.05) is 25.5 Å². The number of nitrogens with one attached hydrogen (secondary N) is 1. The SMILES string of the molecule is Cc1nn(C)cc1S(=O)(=O)NC(=O)c1ccc(-n2ccc(OCC(C)(C)C(F)(F)F)n2)nc1S(C)(C)C. The van der Waals surface area contributed by atoms with Crippen LogP contribution < -0.4 is 9.46 Å². The minimum absolute atomic E-state index is 0.0245. The largest absolute Gasteiger partial charge is 0.476 e. The van der Waals surface area contributed by atoms with Gasteiger partial charge in [-0.15, -0.1) is 5.10 Å². The summed E-state index contributed by atoms with van der Waals surface area (Å²) in [4.78, 5) is 17.5. The summed E-state index contributed by atoms with van der Waals surface area (Å²) in [6, 6.07) is 4.30. The van der Waals surface area contributed by atoms with Gasteiger partial charge in [-0.1, -0.05) is 0 Å². The molecular formula is C22H29F3N6O4S2. The lowest BCUT2D eigenvalue weighted by molar-refractivity contribution is -0.219. The van der Waals surface area contributed by atoms with Gasteiger partial charge >= 0.3 is 6.18 Å². The Morgan fingerprint density at radius 3 is 2.30 bits per heavy atom. The van der Waals surface area contributed by atoms with Gasteiger partial charge in [0.15, 0.2) is 5.82 Å². The van der Waals surface area contributed by atoms with Crippen molar-refractivity contribution in [3.63, 3.8) is 0 Å². The molecule has 3 rings (SSSR count). The average Bonchev–Trinajstić information content (AvgIpc) is 3.36. The molecule has 0 bridgehead atoms. The predicted octanol–water partition coefficient (Wildman–Crippen LogP) is 3.45. The maximum atomic E-state index is 13.1. The first kappa shape index (κ1) is 28.5. The molecule has 15 heteroatoms. The van der Waals surface area contributed by atoms with Crippen LogP contribution in [0.1, 0.15) is 29.9 Å². The smallest absolute Gasteiger partial charge is 0.397 e. The number of carbonyl (C=O) groups excluding carboxylic acids is 1. The van der Waals surface area contributed by atoms with E-state index in [1.54, 1.807) is 7.05 Å². The van der Waals surface area contributed by atoms with Gasteiger partial charge in [0.1, 0.15) is 11.5 Å². The van der Waals surface area contributed by atoms with Crippen LogP contribution in [0, 0.1) is 12.3 Å². The molecule has 37 heavy (non-hydrogen) atoms. The highest BCUT2D eigenvalue weighted by Crippen LogP contribution is 2.46. The summed E-state index contributed by atoms with van der Waals surface area (Å²) in [6.07, 6.45) is 3.97. The average molecular weight is 563 g/mol. The van der Waals surface area contributed by atoms with Crippen molar-refractivity contribution in [2.24, 2.45) is 12.5 Å². The molecule has 0 aliphatic heterocycles. The van der Waals surface area contributed by atoms with E-state index in [0.29, 0.717) is 5.03 Å². The number of sulfonamides is 1. The molecule has 0 spiro atoms. The number of carbonyl (C=O) groups is 1. The molecule has 3 heterocycles. The summed E-state index contributed by atoms with van der Waals surface area (Å²) in [5.74, 6) is -0.591. The van der Waals surface area contributed by atoms with Gasteiger partial charge in [0.05, 0.1) is 21.7 Å². The molecule has 0 unspecified atom stereocenters. The van der Waals surface area contributed by atoms with E-state index in [4.69, 9.17) is 4.74 Å². The van der Waals surface area contributed by atoms with E-state index >= 15 is 0 Å². The lowest BCUT2D eigenvalue weighted by atomic mass is 9.94. The zero-order chi connectivity index (χ0) is 28.0. The number of rotatable bonds is 8. The fraction of sp³-hybridized carbons (Fsp3) is 0.455. The standard InChI is InChI=1S/C22H29F3N6O4S2/c1-14-16(12-30(4)27-14)37(33,34)29-19(32)15-8-9-17(26-20(15)36(5,6)7)31-11-10-18(28-31)35-13-21(2,3)22(23,24)25/h8-12H,13H2,1-7H3,(H,29,32). The van der Waals surface area contributed by atoms with E-state index < -0.39 is 44.2 Å². The van der Waals surface area contributed by atoms with Gasteiger partial charge in [0.2, 0.25) is 5.88 Å². The second kappa shape index (κ2) is 9.67. The van der Waals surface area contributed by atoms with Gasteiger partial charge in [0.25, 0.3) is 15.9 Å². The predicted molar refractivity (Wildman–Crippen MR) is 133 cm³/mol. The van der Waals surface area contributed by atoms with Crippen molar-refractivity contribution in [1.82, 2.24) is 29.3 Å². The number of nitrogens with zero attached hydrogens (tertiary/aromatic N) is 5. The summed E-state index contributed by atoms with van der Waals surface area (Å²) in [5, 5.41) is 8.52. The van der Waals surface area contributed by atoms with E-state index in [-0.39, 0.29) is 27.9 Å². The number of pyridine rings is 1. The molecule has 3 aromatic rings. The molecule has 0 radical (unpaired) electrons. The number of halogens is 3. The fourth-order valence-corrected chi connectivity index (χ4v) is 5.49. The Labute approximate surface area is 214 Å². The first-order chi connectivity index (χ1) is 16.8. The Bertz CT molecular complexity index is 1420. The van der Waals surface area contributed by atoms with Gasteiger partial charge in [-0.3, -0.25) is 9.48 Å². The lowest BCUT2D eigenvalue weighted by Gasteiger charge is -2.27. The maximum absolute atomic E-state index is 13.1. The topological polar surface area (TPSA) is 121 Å². The minimum Gasteiger partial charge on any atom is -0.476 e. The van der Waals surface area contributed by atoms with E-state index in [2.05, 4.69) is 19.9 Å². The number of aryl methyl sites for hydroxylation is 2. The van der Waals surface area contributed by atoms with Crippen molar-refractivity contribution in [3.05, 3.63) is 41.9 Å². The van der Waals surface area contributed by atoms with Crippen molar-refractivity contribution in [3.8, 4) is 11.7 Å². The third-order valence-electron chi connectivity index (χ3n) is 5.30. The Balaban J connectivity index is 1.89. The molecule has 0 fully saturated rings. The van der Waals surface area contributed by atoms with Crippen LogP contribution in [0.5, 0.6) is 5.88 Å².